The average molecular weight is 475 g/mol. The Kier molecular flexibility index (Phi) is 6.02. The van der Waals surface area contributed by atoms with Crippen molar-refractivity contribution in [2.24, 2.45) is 0 Å². The standard InChI is InChI=1S/C26H30N6O3/c1-15-12-28-25(34)23-22(15)19-11-16(6-8-20(19)30-23)24(33)29-17-7-9-21(27-13-17)26(35)32-10-4-5-18(14-32)31(2)3/h6-9,11,13,15,18,30H,4-5,10,12,14H2,1-3H3,(H,28,34)(H,29,33). The number of aromatic nitrogens is 2. The molecule has 9 heteroatoms. The first kappa shape index (κ1) is 23.0. The van der Waals surface area contributed by atoms with Crippen molar-refractivity contribution in [3.8, 4) is 0 Å². The number of likely N-dealkylation sites (N-methyl/N-ethyl adjacent to an activating group) is 1. The van der Waals surface area contributed by atoms with Crippen molar-refractivity contribution < 1.29 is 14.4 Å². The lowest BCUT2D eigenvalue weighted by Crippen LogP contribution is -2.47. The molecule has 1 saturated heterocycles. The summed E-state index contributed by atoms with van der Waals surface area (Å²) in [6, 6.07) is 9.08. The van der Waals surface area contributed by atoms with Crippen LogP contribution in [-0.4, -0.2) is 77.3 Å². The maximum atomic E-state index is 13.0. The molecule has 5 rings (SSSR count). The Balaban J connectivity index is 1.30. The topological polar surface area (TPSA) is 110 Å². The zero-order chi connectivity index (χ0) is 24.7. The number of rotatable bonds is 4. The molecular weight excluding hydrogens is 444 g/mol. The number of hydrogen-bond acceptors (Lipinski definition) is 5. The number of H-pyrrole nitrogens is 1. The number of piperidine rings is 1. The van der Waals surface area contributed by atoms with E-state index in [1.165, 1.54) is 6.20 Å². The molecule has 0 saturated carbocycles. The monoisotopic (exact) mass is 474 g/mol. The van der Waals surface area contributed by atoms with E-state index in [-0.39, 0.29) is 23.6 Å². The number of fused-ring (bicyclic) bond motifs is 3. The van der Waals surface area contributed by atoms with Crippen LogP contribution in [0.5, 0.6) is 0 Å². The Labute approximate surface area is 203 Å². The van der Waals surface area contributed by atoms with Crippen molar-refractivity contribution in [2.75, 3.05) is 39.0 Å². The molecule has 2 atom stereocenters. The van der Waals surface area contributed by atoms with Crippen molar-refractivity contribution in [1.29, 1.82) is 0 Å². The molecule has 3 N–H and O–H groups in total. The van der Waals surface area contributed by atoms with Gasteiger partial charge < -0.3 is 25.4 Å². The van der Waals surface area contributed by atoms with Gasteiger partial charge in [-0.25, -0.2) is 4.98 Å². The van der Waals surface area contributed by atoms with Crippen molar-refractivity contribution in [3.63, 3.8) is 0 Å². The predicted molar refractivity (Wildman–Crippen MR) is 134 cm³/mol. The summed E-state index contributed by atoms with van der Waals surface area (Å²) >= 11 is 0. The molecular formula is C26H30N6O3. The first-order chi connectivity index (χ1) is 16.8. The summed E-state index contributed by atoms with van der Waals surface area (Å²) in [6.07, 6.45) is 3.57. The molecule has 0 radical (unpaired) electrons. The Hall–Kier alpha value is -3.72. The van der Waals surface area contributed by atoms with Gasteiger partial charge in [-0.3, -0.25) is 14.4 Å². The largest absolute Gasteiger partial charge is 0.350 e. The summed E-state index contributed by atoms with van der Waals surface area (Å²) in [5, 5.41) is 6.62. The van der Waals surface area contributed by atoms with E-state index < -0.39 is 0 Å². The minimum absolute atomic E-state index is 0.0877. The molecule has 0 spiro atoms. The molecule has 0 bridgehead atoms. The second kappa shape index (κ2) is 9.14. The summed E-state index contributed by atoms with van der Waals surface area (Å²) in [6.45, 7) is 4.04. The molecule has 2 aliphatic rings. The van der Waals surface area contributed by atoms with Crippen LogP contribution in [-0.2, 0) is 0 Å². The summed E-state index contributed by atoms with van der Waals surface area (Å²) in [5.74, 6) is -0.337. The van der Waals surface area contributed by atoms with Gasteiger partial charge in [-0.1, -0.05) is 6.92 Å². The first-order valence-corrected chi connectivity index (χ1v) is 12.0. The zero-order valence-electron chi connectivity index (χ0n) is 20.2. The Morgan fingerprint density at radius 2 is 2.03 bits per heavy atom. The van der Waals surface area contributed by atoms with Crippen LogP contribution in [0.15, 0.2) is 36.5 Å². The number of carbonyl (C=O) groups is 3. The minimum atomic E-state index is -0.277. The minimum Gasteiger partial charge on any atom is -0.350 e. The van der Waals surface area contributed by atoms with E-state index in [0.29, 0.717) is 41.8 Å². The van der Waals surface area contributed by atoms with E-state index in [1.54, 1.807) is 18.2 Å². The van der Waals surface area contributed by atoms with Crippen LogP contribution in [0.4, 0.5) is 5.69 Å². The molecule has 9 nitrogen and oxygen atoms in total. The highest BCUT2D eigenvalue weighted by molar-refractivity contribution is 6.08. The van der Waals surface area contributed by atoms with Gasteiger partial charge >= 0.3 is 0 Å². The zero-order valence-corrected chi connectivity index (χ0v) is 20.2. The van der Waals surface area contributed by atoms with Crippen LogP contribution in [0.2, 0.25) is 0 Å². The summed E-state index contributed by atoms with van der Waals surface area (Å²) in [5.41, 5.74) is 3.70. The number of nitrogens with zero attached hydrogens (tertiary/aromatic N) is 3. The molecule has 3 amide bonds. The number of aromatic amines is 1. The number of pyridine rings is 1. The highest BCUT2D eigenvalue weighted by atomic mass is 16.2. The molecule has 0 aliphatic carbocycles. The van der Waals surface area contributed by atoms with Crippen molar-refractivity contribution >= 4 is 34.3 Å². The molecule has 2 aromatic heterocycles. The lowest BCUT2D eigenvalue weighted by molar-refractivity contribution is 0.0629. The molecule has 1 aromatic carbocycles. The fourth-order valence-electron chi connectivity index (χ4n) is 5.00. The fourth-order valence-corrected chi connectivity index (χ4v) is 5.00. The third kappa shape index (κ3) is 4.39. The third-order valence-electron chi connectivity index (χ3n) is 7.04. The first-order valence-electron chi connectivity index (χ1n) is 12.0. The second-order valence-electron chi connectivity index (χ2n) is 9.68. The van der Waals surface area contributed by atoms with E-state index >= 15 is 0 Å². The molecule has 2 unspecified atom stereocenters. The molecule has 3 aromatic rings. The number of carbonyl (C=O) groups excluding carboxylic acids is 3. The number of anilines is 1. The molecule has 35 heavy (non-hydrogen) atoms. The highest BCUT2D eigenvalue weighted by Crippen LogP contribution is 2.32. The van der Waals surface area contributed by atoms with Crippen LogP contribution in [0, 0.1) is 0 Å². The molecule has 1 fully saturated rings. The Morgan fingerprint density at radius 3 is 2.77 bits per heavy atom. The van der Waals surface area contributed by atoms with Crippen LogP contribution in [0.3, 0.4) is 0 Å². The quantitative estimate of drug-likeness (QED) is 0.539. The van der Waals surface area contributed by atoms with E-state index in [0.717, 1.165) is 35.9 Å². The van der Waals surface area contributed by atoms with Crippen LogP contribution in [0.25, 0.3) is 10.9 Å². The van der Waals surface area contributed by atoms with Gasteiger partial charge in [-0.2, -0.15) is 0 Å². The van der Waals surface area contributed by atoms with Crippen molar-refractivity contribution in [3.05, 3.63) is 59.0 Å². The maximum absolute atomic E-state index is 13.0. The fraction of sp³-hybridized carbons (Fsp3) is 0.385. The van der Waals surface area contributed by atoms with Crippen LogP contribution >= 0.6 is 0 Å². The van der Waals surface area contributed by atoms with Gasteiger partial charge in [0.25, 0.3) is 17.7 Å². The van der Waals surface area contributed by atoms with Crippen LogP contribution in [0.1, 0.15) is 62.6 Å². The third-order valence-corrected chi connectivity index (χ3v) is 7.04. The lowest BCUT2D eigenvalue weighted by atomic mass is 9.93. The van der Waals surface area contributed by atoms with Gasteiger partial charge in [0.2, 0.25) is 0 Å². The van der Waals surface area contributed by atoms with Gasteiger partial charge in [-0.05, 0) is 62.8 Å². The number of benzene rings is 1. The van der Waals surface area contributed by atoms with E-state index in [9.17, 15) is 14.4 Å². The number of likely N-dealkylation sites (tertiary alicyclic amines) is 1. The number of nitrogens with one attached hydrogen (secondary N) is 3. The summed E-state index contributed by atoms with van der Waals surface area (Å²) in [7, 11) is 4.07. The van der Waals surface area contributed by atoms with Gasteiger partial charge in [-0.15, -0.1) is 0 Å². The van der Waals surface area contributed by atoms with Crippen LogP contribution < -0.4 is 10.6 Å². The van der Waals surface area contributed by atoms with E-state index in [1.807, 2.05) is 31.1 Å². The normalized spacial score (nSPS) is 20.0. The summed E-state index contributed by atoms with van der Waals surface area (Å²) in [4.78, 5) is 49.6. The second-order valence-corrected chi connectivity index (χ2v) is 9.68. The number of amides is 3. The highest BCUT2D eigenvalue weighted by Gasteiger charge is 2.28. The van der Waals surface area contributed by atoms with Gasteiger partial charge in [0.05, 0.1) is 11.9 Å². The molecule has 2 aliphatic heterocycles. The van der Waals surface area contributed by atoms with Gasteiger partial charge in [0.15, 0.2) is 0 Å². The molecule has 182 valence electrons. The predicted octanol–water partition coefficient (Wildman–Crippen LogP) is 2.83. The molecule has 4 heterocycles. The summed E-state index contributed by atoms with van der Waals surface area (Å²) < 4.78 is 0. The van der Waals surface area contributed by atoms with Crippen molar-refractivity contribution in [1.82, 2.24) is 25.1 Å². The average Bonchev–Trinajstić information content (AvgIpc) is 3.26. The van der Waals surface area contributed by atoms with E-state index in [2.05, 4.69) is 32.4 Å². The van der Waals surface area contributed by atoms with E-state index in [4.69, 9.17) is 0 Å². The van der Waals surface area contributed by atoms with Gasteiger partial charge in [0, 0.05) is 48.1 Å². The van der Waals surface area contributed by atoms with Crippen molar-refractivity contribution in [2.45, 2.75) is 31.7 Å². The smallest absolute Gasteiger partial charge is 0.272 e. The number of hydrogen-bond donors (Lipinski definition) is 3. The van der Waals surface area contributed by atoms with Gasteiger partial charge in [0.1, 0.15) is 11.4 Å². The maximum Gasteiger partial charge on any atom is 0.272 e. The Bertz CT molecular complexity index is 1300. The SMILES string of the molecule is CC1CNC(=O)c2[nH]c3ccc(C(=O)Nc4ccc(C(=O)N5CCCC(N(C)C)C5)nc4)cc3c21. The lowest BCUT2D eigenvalue weighted by Gasteiger charge is -2.35. The Morgan fingerprint density at radius 1 is 1.20 bits per heavy atom.